The third-order valence-electron chi connectivity index (χ3n) is 1.66. The molecule has 1 aliphatic heterocycles. The summed E-state index contributed by atoms with van der Waals surface area (Å²) < 4.78 is 5.33. The fourth-order valence-electron chi connectivity index (χ4n) is 0.969. The lowest BCUT2D eigenvalue weighted by atomic mass is 10.1. The van der Waals surface area contributed by atoms with Crippen molar-refractivity contribution in [1.82, 2.24) is 4.84 Å². The van der Waals surface area contributed by atoms with Crippen molar-refractivity contribution in [2.75, 3.05) is 6.61 Å². The molecule has 1 rings (SSSR count). The highest BCUT2D eigenvalue weighted by molar-refractivity contribution is 6.13. The van der Waals surface area contributed by atoms with Gasteiger partial charge in [0.1, 0.15) is 0 Å². The number of halogens is 1. The van der Waals surface area contributed by atoms with Gasteiger partial charge in [-0.1, -0.05) is 0 Å². The van der Waals surface area contributed by atoms with Gasteiger partial charge in [-0.05, 0) is 31.5 Å². The summed E-state index contributed by atoms with van der Waals surface area (Å²) in [5.41, 5.74) is 0. The second-order valence-corrected chi connectivity index (χ2v) is 2.75. The molecule has 0 spiro atoms. The molecule has 0 radical (unpaired) electrons. The van der Waals surface area contributed by atoms with Crippen molar-refractivity contribution in [2.24, 2.45) is 0 Å². The molecule has 54 valence electrons. The van der Waals surface area contributed by atoms with Gasteiger partial charge in [0.05, 0.1) is 12.7 Å². The van der Waals surface area contributed by atoms with Crippen LogP contribution in [0, 0.1) is 0 Å². The van der Waals surface area contributed by atoms with Crippen molar-refractivity contribution < 1.29 is 4.74 Å². The standard InChI is InChI=1S/C6H12ClNO/c1-5-2-3-6(8-7)4-9-5/h5-6,8H,2-4H2,1H3/t5?,6-/m0/s1. The van der Waals surface area contributed by atoms with Gasteiger partial charge in [-0.2, -0.15) is 0 Å². The molecule has 9 heavy (non-hydrogen) atoms. The predicted octanol–water partition coefficient (Wildman–Crippen LogP) is 1.30. The topological polar surface area (TPSA) is 21.3 Å². The van der Waals surface area contributed by atoms with E-state index >= 15 is 0 Å². The molecule has 0 aliphatic carbocycles. The zero-order valence-corrected chi connectivity index (χ0v) is 6.32. The average Bonchev–Trinajstić information content (AvgIpc) is 1.90. The lowest BCUT2D eigenvalue weighted by Crippen LogP contribution is -2.34. The molecule has 0 aromatic carbocycles. The third kappa shape index (κ3) is 2.12. The zero-order valence-electron chi connectivity index (χ0n) is 5.56. The summed E-state index contributed by atoms with van der Waals surface area (Å²) in [6.07, 6.45) is 2.67. The lowest BCUT2D eigenvalue weighted by Gasteiger charge is -2.25. The first-order chi connectivity index (χ1) is 4.33. The highest BCUT2D eigenvalue weighted by Gasteiger charge is 2.16. The normalized spacial score (nSPS) is 36.7. The Bertz CT molecular complexity index is 81.1. The molecule has 1 saturated heterocycles. The second kappa shape index (κ2) is 3.40. The molecule has 1 N–H and O–H groups in total. The van der Waals surface area contributed by atoms with Crippen molar-refractivity contribution in [3.8, 4) is 0 Å². The lowest BCUT2D eigenvalue weighted by molar-refractivity contribution is 0.0138. The third-order valence-corrected chi connectivity index (χ3v) is 1.97. The van der Waals surface area contributed by atoms with E-state index in [4.69, 9.17) is 16.5 Å². The van der Waals surface area contributed by atoms with Crippen LogP contribution in [0.3, 0.4) is 0 Å². The SMILES string of the molecule is CC1CC[C@H](NCl)CO1. The summed E-state index contributed by atoms with van der Waals surface area (Å²) in [4.78, 5) is 2.67. The quantitative estimate of drug-likeness (QED) is 0.568. The van der Waals surface area contributed by atoms with Gasteiger partial charge in [0.2, 0.25) is 0 Å². The number of rotatable bonds is 1. The molecule has 0 amide bonds. The maximum Gasteiger partial charge on any atom is 0.0635 e. The molecule has 1 fully saturated rings. The molecule has 3 heteroatoms. The first-order valence-electron chi connectivity index (χ1n) is 3.30. The number of nitrogens with one attached hydrogen (secondary N) is 1. The maximum atomic E-state index is 5.40. The van der Waals surface area contributed by atoms with E-state index in [1.165, 1.54) is 0 Å². The van der Waals surface area contributed by atoms with Crippen LogP contribution in [0.2, 0.25) is 0 Å². The van der Waals surface area contributed by atoms with Crippen molar-refractivity contribution in [1.29, 1.82) is 0 Å². The monoisotopic (exact) mass is 149 g/mol. The summed E-state index contributed by atoms with van der Waals surface area (Å²) in [6.45, 7) is 2.84. The molecule has 2 nitrogen and oxygen atoms in total. The van der Waals surface area contributed by atoms with Gasteiger partial charge < -0.3 is 4.74 Å². The van der Waals surface area contributed by atoms with E-state index in [-0.39, 0.29) is 0 Å². The van der Waals surface area contributed by atoms with Crippen molar-refractivity contribution in [3.05, 3.63) is 0 Å². The van der Waals surface area contributed by atoms with Crippen LogP contribution in [-0.4, -0.2) is 18.8 Å². The van der Waals surface area contributed by atoms with Crippen LogP contribution < -0.4 is 4.84 Å². The Morgan fingerprint density at radius 3 is 2.78 bits per heavy atom. The van der Waals surface area contributed by atoms with E-state index in [1.54, 1.807) is 0 Å². The Hall–Kier alpha value is 0.210. The molecule has 1 heterocycles. The van der Waals surface area contributed by atoms with Crippen LogP contribution >= 0.6 is 11.8 Å². The summed E-state index contributed by atoms with van der Waals surface area (Å²) >= 11 is 5.40. The Balaban J connectivity index is 2.18. The first kappa shape index (κ1) is 7.32. The summed E-state index contributed by atoms with van der Waals surface area (Å²) in [5, 5.41) is 0. The molecule has 0 bridgehead atoms. The van der Waals surface area contributed by atoms with Gasteiger partial charge in [-0.15, -0.1) is 0 Å². The minimum atomic E-state index is 0.364. The van der Waals surface area contributed by atoms with E-state index in [9.17, 15) is 0 Å². The number of hydrogen-bond donors (Lipinski definition) is 1. The largest absolute Gasteiger partial charge is 0.377 e. The van der Waals surface area contributed by atoms with Crippen LogP contribution in [0.4, 0.5) is 0 Å². The Morgan fingerprint density at radius 1 is 1.56 bits per heavy atom. The fraction of sp³-hybridized carbons (Fsp3) is 1.00. The van der Waals surface area contributed by atoms with Gasteiger partial charge in [0.25, 0.3) is 0 Å². The second-order valence-electron chi connectivity index (χ2n) is 2.53. The number of hydrogen-bond acceptors (Lipinski definition) is 2. The summed E-state index contributed by atoms with van der Waals surface area (Å²) in [6, 6.07) is 0.364. The van der Waals surface area contributed by atoms with Gasteiger partial charge in [0, 0.05) is 6.04 Å². The summed E-state index contributed by atoms with van der Waals surface area (Å²) in [5.74, 6) is 0. The molecule has 2 atom stereocenters. The molecule has 0 aromatic rings. The predicted molar refractivity (Wildman–Crippen MR) is 37.4 cm³/mol. The molecular formula is C6H12ClNO. The highest BCUT2D eigenvalue weighted by Crippen LogP contribution is 2.12. The van der Waals surface area contributed by atoms with E-state index in [1.807, 2.05) is 0 Å². The van der Waals surface area contributed by atoms with Gasteiger partial charge in [-0.25, -0.2) is 4.84 Å². The van der Waals surface area contributed by atoms with Gasteiger partial charge in [-0.3, -0.25) is 0 Å². The Kier molecular flexibility index (Phi) is 2.76. The van der Waals surface area contributed by atoms with E-state index in [0.717, 1.165) is 19.4 Å². The molecule has 0 aromatic heterocycles. The molecular weight excluding hydrogens is 138 g/mol. The van der Waals surface area contributed by atoms with Crippen LogP contribution in [0.25, 0.3) is 0 Å². The van der Waals surface area contributed by atoms with Crippen LogP contribution in [0.5, 0.6) is 0 Å². The minimum absolute atomic E-state index is 0.364. The van der Waals surface area contributed by atoms with Gasteiger partial charge >= 0.3 is 0 Å². The van der Waals surface area contributed by atoms with Crippen LogP contribution in [-0.2, 0) is 4.74 Å². The number of ether oxygens (including phenoxy) is 1. The minimum Gasteiger partial charge on any atom is -0.377 e. The first-order valence-corrected chi connectivity index (χ1v) is 3.68. The molecule has 1 aliphatic rings. The maximum absolute atomic E-state index is 5.40. The Labute approximate surface area is 60.6 Å². The van der Waals surface area contributed by atoms with Crippen LogP contribution in [0.15, 0.2) is 0 Å². The Morgan fingerprint density at radius 2 is 2.33 bits per heavy atom. The highest BCUT2D eigenvalue weighted by atomic mass is 35.5. The van der Waals surface area contributed by atoms with E-state index in [2.05, 4.69) is 11.8 Å². The van der Waals surface area contributed by atoms with Gasteiger partial charge in [0.15, 0.2) is 0 Å². The smallest absolute Gasteiger partial charge is 0.0635 e. The molecule has 0 saturated carbocycles. The zero-order chi connectivity index (χ0) is 6.69. The fourth-order valence-corrected chi connectivity index (χ4v) is 1.14. The average molecular weight is 150 g/mol. The van der Waals surface area contributed by atoms with Crippen molar-refractivity contribution in [2.45, 2.75) is 31.9 Å². The van der Waals surface area contributed by atoms with E-state index in [0.29, 0.717) is 12.1 Å². The van der Waals surface area contributed by atoms with Crippen molar-refractivity contribution in [3.63, 3.8) is 0 Å². The molecule has 1 unspecified atom stereocenters. The van der Waals surface area contributed by atoms with Crippen molar-refractivity contribution >= 4 is 11.8 Å². The van der Waals surface area contributed by atoms with Crippen LogP contribution in [0.1, 0.15) is 19.8 Å². The van der Waals surface area contributed by atoms with E-state index < -0.39 is 0 Å². The summed E-state index contributed by atoms with van der Waals surface area (Å²) in [7, 11) is 0.